The first-order valence-corrected chi connectivity index (χ1v) is 7.89. The molecule has 1 aromatic carbocycles. The second kappa shape index (κ2) is 6.15. The van der Waals surface area contributed by atoms with Crippen molar-refractivity contribution in [2.45, 2.75) is 11.6 Å². The minimum Gasteiger partial charge on any atom is -0.378 e. The Morgan fingerprint density at radius 2 is 1.90 bits per heavy atom. The lowest BCUT2D eigenvalue weighted by molar-refractivity contribution is 0.595. The maximum atomic E-state index is 12.4. The van der Waals surface area contributed by atoms with Gasteiger partial charge in [-0.25, -0.2) is 0 Å². The molecule has 1 heterocycles. The van der Waals surface area contributed by atoms with Crippen molar-refractivity contribution in [3.63, 3.8) is 0 Å². The van der Waals surface area contributed by atoms with Crippen LogP contribution in [0.4, 0.5) is 11.4 Å². The van der Waals surface area contributed by atoms with Gasteiger partial charge >= 0.3 is 0 Å². The molecular formula is C13H19N5O2S. The van der Waals surface area contributed by atoms with Crippen molar-refractivity contribution >= 4 is 21.4 Å². The third kappa shape index (κ3) is 3.53. The fraction of sp³-hybridized carbons (Fsp3) is 0.308. The molecule has 0 saturated heterocycles. The Morgan fingerprint density at radius 1 is 1.24 bits per heavy atom. The smallest absolute Gasteiger partial charge is 0.279 e. The normalized spacial score (nSPS) is 11.4. The molecule has 0 saturated carbocycles. The first-order valence-electron chi connectivity index (χ1n) is 6.41. The molecule has 0 fully saturated rings. The second-order valence-electron chi connectivity index (χ2n) is 4.80. The van der Waals surface area contributed by atoms with Gasteiger partial charge in [-0.2, -0.15) is 13.5 Å². The number of H-pyrrole nitrogens is 1. The largest absolute Gasteiger partial charge is 0.378 e. The Labute approximate surface area is 124 Å². The van der Waals surface area contributed by atoms with Crippen LogP contribution in [-0.4, -0.2) is 39.8 Å². The van der Waals surface area contributed by atoms with Crippen molar-refractivity contribution in [3.05, 3.63) is 36.0 Å². The molecule has 3 N–H and O–H groups in total. The highest BCUT2D eigenvalue weighted by atomic mass is 32.2. The van der Waals surface area contributed by atoms with E-state index in [9.17, 15) is 8.42 Å². The first-order chi connectivity index (χ1) is 9.94. The zero-order valence-electron chi connectivity index (χ0n) is 12.2. The monoisotopic (exact) mass is 309 g/mol. The van der Waals surface area contributed by atoms with Crippen molar-refractivity contribution in [1.82, 2.24) is 15.5 Å². The quantitative estimate of drug-likeness (QED) is 0.740. The van der Waals surface area contributed by atoms with Gasteiger partial charge in [-0.1, -0.05) is 0 Å². The fourth-order valence-electron chi connectivity index (χ4n) is 1.88. The van der Waals surface area contributed by atoms with Crippen molar-refractivity contribution in [2.75, 3.05) is 30.8 Å². The molecular weight excluding hydrogens is 290 g/mol. The molecule has 0 amide bonds. The van der Waals surface area contributed by atoms with Crippen LogP contribution >= 0.6 is 0 Å². The van der Waals surface area contributed by atoms with E-state index in [4.69, 9.17) is 0 Å². The van der Waals surface area contributed by atoms with Gasteiger partial charge in [-0.3, -0.25) is 9.82 Å². The van der Waals surface area contributed by atoms with Crippen LogP contribution in [0.15, 0.2) is 35.5 Å². The molecule has 1 aromatic heterocycles. The molecule has 114 valence electrons. The highest BCUT2D eigenvalue weighted by Gasteiger charge is 2.20. The topological polar surface area (TPSA) is 90.1 Å². The van der Waals surface area contributed by atoms with Crippen molar-refractivity contribution < 1.29 is 8.42 Å². The van der Waals surface area contributed by atoms with Crippen molar-refractivity contribution in [3.8, 4) is 0 Å². The van der Waals surface area contributed by atoms with Crippen molar-refractivity contribution in [1.29, 1.82) is 0 Å². The number of nitrogens with one attached hydrogen (secondary N) is 3. The molecule has 0 bridgehead atoms. The predicted octanol–water partition coefficient (Wildman–Crippen LogP) is 0.996. The number of aromatic amines is 1. The highest BCUT2D eigenvalue weighted by molar-refractivity contribution is 7.92. The van der Waals surface area contributed by atoms with E-state index < -0.39 is 10.0 Å². The summed E-state index contributed by atoms with van der Waals surface area (Å²) in [5.41, 5.74) is 2.09. The van der Waals surface area contributed by atoms with E-state index in [2.05, 4.69) is 20.2 Å². The maximum Gasteiger partial charge on any atom is 0.279 e. The van der Waals surface area contributed by atoms with Crippen LogP contribution in [0.1, 0.15) is 5.56 Å². The lowest BCUT2D eigenvalue weighted by Gasteiger charge is -2.13. The summed E-state index contributed by atoms with van der Waals surface area (Å²) in [6.45, 7) is 0.423. The Hall–Kier alpha value is -2.06. The van der Waals surface area contributed by atoms with Crippen LogP contribution in [0.5, 0.6) is 0 Å². The minimum absolute atomic E-state index is 0.0773. The standard InChI is InChI=1S/C13H19N5O2S/c1-14-8-10-9-15-16-13(10)21(19,20)17-11-4-6-12(7-5-11)18(2)3/h4-7,9,14,17H,8H2,1-3H3,(H,15,16). The number of anilines is 2. The highest BCUT2D eigenvalue weighted by Crippen LogP contribution is 2.20. The van der Waals surface area contributed by atoms with E-state index in [0.717, 1.165) is 5.69 Å². The molecule has 0 atom stereocenters. The van der Waals surface area contributed by atoms with E-state index in [1.54, 1.807) is 19.2 Å². The van der Waals surface area contributed by atoms with E-state index in [0.29, 0.717) is 17.8 Å². The lowest BCUT2D eigenvalue weighted by atomic mass is 10.3. The third-order valence-corrected chi connectivity index (χ3v) is 4.35. The van der Waals surface area contributed by atoms with Crippen LogP contribution < -0.4 is 14.9 Å². The zero-order chi connectivity index (χ0) is 15.5. The minimum atomic E-state index is -3.68. The molecule has 0 aliphatic carbocycles. The van der Waals surface area contributed by atoms with Crippen LogP contribution in [0.2, 0.25) is 0 Å². The summed E-state index contributed by atoms with van der Waals surface area (Å²) in [4.78, 5) is 1.94. The summed E-state index contributed by atoms with van der Waals surface area (Å²) in [5.74, 6) is 0. The Bertz CT molecular complexity index is 692. The predicted molar refractivity (Wildman–Crippen MR) is 82.9 cm³/mol. The Balaban J connectivity index is 2.22. The number of hydrogen-bond donors (Lipinski definition) is 3. The van der Waals surface area contributed by atoms with E-state index >= 15 is 0 Å². The molecule has 21 heavy (non-hydrogen) atoms. The van der Waals surface area contributed by atoms with Crippen LogP contribution in [-0.2, 0) is 16.6 Å². The molecule has 0 radical (unpaired) electrons. The van der Waals surface area contributed by atoms with Crippen LogP contribution in [0.25, 0.3) is 0 Å². The molecule has 0 unspecified atom stereocenters. The molecule has 0 aliphatic heterocycles. The van der Waals surface area contributed by atoms with Gasteiger partial charge in [0.1, 0.15) is 0 Å². The first kappa shape index (κ1) is 15.3. The molecule has 2 rings (SSSR count). The maximum absolute atomic E-state index is 12.4. The van der Waals surface area contributed by atoms with Gasteiger partial charge in [-0.05, 0) is 31.3 Å². The van der Waals surface area contributed by atoms with Crippen molar-refractivity contribution in [2.24, 2.45) is 0 Å². The van der Waals surface area contributed by atoms with Gasteiger partial charge < -0.3 is 10.2 Å². The van der Waals surface area contributed by atoms with Gasteiger partial charge in [0.15, 0.2) is 5.03 Å². The lowest BCUT2D eigenvalue weighted by Crippen LogP contribution is -2.17. The number of sulfonamides is 1. The SMILES string of the molecule is CNCc1cn[nH]c1S(=O)(=O)Nc1ccc(N(C)C)cc1. The Kier molecular flexibility index (Phi) is 4.49. The van der Waals surface area contributed by atoms with Crippen LogP contribution in [0, 0.1) is 0 Å². The van der Waals surface area contributed by atoms with E-state index in [1.807, 2.05) is 31.1 Å². The fourth-order valence-corrected chi connectivity index (χ4v) is 3.07. The van der Waals surface area contributed by atoms with E-state index in [-0.39, 0.29) is 5.03 Å². The summed E-state index contributed by atoms with van der Waals surface area (Å²) in [6, 6.07) is 7.14. The second-order valence-corrected chi connectivity index (χ2v) is 6.42. The molecule has 7 nitrogen and oxygen atoms in total. The summed E-state index contributed by atoms with van der Waals surface area (Å²) in [6.07, 6.45) is 1.50. The number of benzene rings is 1. The number of nitrogens with zero attached hydrogens (tertiary/aromatic N) is 2. The summed E-state index contributed by atoms with van der Waals surface area (Å²) in [5, 5.41) is 9.31. The van der Waals surface area contributed by atoms with Gasteiger partial charge in [0.25, 0.3) is 10.0 Å². The van der Waals surface area contributed by atoms with Gasteiger partial charge in [-0.15, -0.1) is 0 Å². The third-order valence-electron chi connectivity index (χ3n) is 2.95. The average molecular weight is 309 g/mol. The number of rotatable bonds is 6. The van der Waals surface area contributed by atoms with E-state index in [1.165, 1.54) is 6.20 Å². The average Bonchev–Trinajstić information content (AvgIpc) is 2.88. The van der Waals surface area contributed by atoms with Crippen LogP contribution in [0.3, 0.4) is 0 Å². The Morgan fingerprint density at radius 3 is 2.48 bits per heavy atom. The summed E-state index contributed by atoms with van der Waals surface area (Å²) in [7, 11) is 1.92. The summed E-state index contributed by atoms with van der Waals surface area (Å²) >= 11 is 0. The molecule has 8 heteroatoms. The zero-order valence-corrected chi connectivity index (χ0v) is 13.0. The number of aromatic nitrogens is 2. The van der Waals surface area contributed by atoms with Gasteiger partial charge in [0, 0.05) is 37.6 Å². The van der Waals surface area contributed by atoms with Gasteiger partial charge in [0.2, 0.25) is 0 Å². The molecule has 0 spiro atoms. The van der Waals surface area contributed by atoms with Gasteiger partial charge in [0.05, 0.1) is 6.20 Å². The summed E-state index contributed by atoms with van der Waals surface area (Å²) < 4.78 is 27.3. The molecule has 2 aromatic rings. The molecule has 0 aliphatic rings. The number of hydrogen-bond acceptors (Lipinski definition) is 5.